The average molecular weight is 490 g/mol. The first kappa shape index (κ1) is 23.2. The summed E-state index contributed by atoms with van der Waals surface area (Å²) in [6.07, 6.45) is 6.29. The largest absolute Gasteiger partial charge is 0.457 e. The van der Waals surface area contributed by atoms with Crippen LogP contribution in [0.1, 0.15) is 38.4 Å². The molecule has 1 aliphatic carbocycles. The highest BCUT2D eigenvalue weighted by Crippen LogP contribution is 2.42. The van der Waals surface area contributed by atoms with E-state index in [0.717, 1.165) is 30.5 Å². The Bertz CT molecular complexity index is 1240. The summed E-state index contributed by atoms with van der Waals surface area (Å²) in [5, 5.41) is 14.5. The number of furan rings is 1. The van der Waals surface area contributed by atoms with E-state index in [2.05, 4.69) is 12.2 Å². The van der Waals surface area contributed by atoms with E-state index in [1.165, 1.54) is 30.3 Å². The summed E-state index contributed by atoms with van der Waals surface area (Å²) in [5.74, 6) is 1.64. The average Bonchev–Trinajstić information content (AvgIpc) is 3.45. The molecule has 35 heavy (non-hydrogen) atoms. The van der Waals surface area contributed by atoms with Crippen LogP contribution in [0.4, 0.5) is 11.4 Å². The van der Waals surface area contributed by atoms with Crippen LogP contribution in [0.2, 0.25) is 0 Å². The number of anilines is 1. The Balaban J connectivity index is 1.40. The third kappa shape index (κ3) is 4.98. The highest BCUT2D eigenvalue weighted by atomic mass is 32.2. The first-order valence-electron chi connectivity index (χ1n) is 11.9. The molecule has 1 aromatic heterocycles. The highest BCUT2D eigenvalue weighted by Gasteiger charge is 2.43. The molecule has 1 amide bonds. The predicted octanol–water partition coefficient (Wildman–Crippen LogP) is 6.75. The van der Waals surface area contributed by atoms with Crippen molar-refractivity contribution < 1.29 is 14.1 Å². The molecule has 1 saturated heterocycles. The van der Waals surface area contributed by atoms with Crippen molar-refractivity contribution in [2.45, 2.75) is 44.1 Å². The number of nitrogens with zero attached hydrogens (tertiary/aromatic N) is 2. The van der Waals surface area contributed by atoms with E-state index in [0.29, 0.717) is 22.3 Å². The van der Waals surface area contributed by atoms with E-state index in [1.807, 2.05) is 47.4 Å². The van der Waals surface area contributed by atoms with E-state index in [4.69, 9.17) is 4.42 Å². The topological polar surface area (TPSA) is 88.6 Å². The smallest absolute Gasteiger partial charge is 0.269 e. The minimum absolute atomic E-state index is 0.0236. The first-order valence-corrected chi connectivity index (χ1v) is 12.7. The van der Waals surface area contributed by atoms with Gasteiger partial charge in [0.2, 0.25) is 0 Å². The summed E-state index contributed by atoms with van der Waals surface area (Å²) in [7, 11) is 0. The van der Waals surface area contributed by atoms with Crippen molar-refractivity contribution in [1.29, 1.82) is 0 Å². The molecule has 0 spiro atoms. The fraction of sp³-hybridized carbons (Fsp3) is 0.296. The van der Waals surface area contributed by atoms with Crippen LogP contribution in [-0.2, 0) is 4.79 Å². The number of nitro groups is 1. The third-order valence-corrected chi connectivity index (χ3v) is 7.80. The second-order valence-corrected chi connectivity index (χ2v) is 10.2. The molecule has 180 valence electrons. The molecule has 2 fully saturated rings. The number of non-ortho nitro benzene ring substituents is 1. The van der Waals surface area contributed by atoms with Gasteiger partial charge in [-0.25, -0.2) is 0 Å². The van der Waals surface area contributed by atoms with E-state index < -0.39 is 4.92 Å². The van der Waals surface area contributed by atoms with Gasteiger partial charge in [-0.05, 0) is 55.2 Å². The van der Waals surface area contributed by atoms with Crippen molar-refractivity contribution in [2.75, 3.05) is 5.32 Å². The fourth-order valence-electron chi connectivity index (χ4n) is 4.83. The number of nitrogens with one attached hydrogen (secondary N) is 1. The van der Waals surface area contributed by atoms with Crippen LogP contribution in [0.25, 0.3) is 17.4 Å². The van der Waals surface area contributed by atoms with Gasteiger partial charge >= 0.3 is 0 Å². The van der Waals surface area contributed by atoms with Crippen LogP contribution in [0.15, 0.2) is 76.1 Å². The van der Waals surface area contributed by atoms with Crippen LogP contribution >= 0.6 is 11.8 Å². The zero-order chi connectivity index (χ0) is 24.4. The molecular weight excluding hydrogens is 462 g/mol. The Labute approximate surface area is 208 Å². The molecule has 5 rings (SSSR count). The standard InChI is InChI=1S/C27H27N3O4S/c1-18-7-5-6-10-23(18)29-26(31)25(35-27(29)28-20-8-3-2-4-9-20)17-22-15-16-24(34-22)19-11-13-21(14-12-19)30(32)33/h2-4,8-9,11-18,23,27-28H,5-7,10H2,1H3/b25-17-/t18-,23+,27?/m0/s1. The molecule has 2 heterocycles. The number of hydrogen-bond acceptors (Lipinski definition) is 6. The maximum atomic E-state index is 13.6. The molecule has 7 nitrogen and oxygen atoms in total. The fourth-order valence-corrected chi connectivity index (χ4v) is 6.02. The number of para-hydroxylation sites is 1. The van der Waals surface area contributed by atoms with Crippen LogP contribution in [0.3, 0.4) is 0 Å². The van der Waals surface area contributed by atoms with Crippen LogP contribution in [-0.4, -0.2) is 27.3 Å². The zero-order valence-electron chi connectivity index (χ0n) is 19.4. The molecular formula is C27H27N3O4S. The molecule has 8 heteroatoms. The van der Waals surface area contributed by atoms with E-state index >= 15 is 0 Å². The van der Waals surface area contributed by atoms with E-state index in [9.17, 15) is 14.9 Å². The van der Waals surface area contributed by atoms with Gasteiger partial charge in [0.15, 0.2) is 5.50 Å². The minimum Gasteiger partial charge on any atom is -0.457 e. The van der Waals surface area contributed by atoms with Crippen molar-refractivity contribution in [3.8, 4) is 11.3 Å². The predicted molar refractivity (Wildman–Crippen MR) is 138 cm³/mol. The molecule has 3 atom stereocenters. The second kappa shape index (κ2) is 10.00. The Morgan fingerprint density at radius 1 is 1.06 bits per heavy atom. The van der Waals surface area contributed by atoms with Gasteiger partial charge in [0.25, 0.3) is 11.6 Å². The molecule has 1 aliphatic heterocycles. The molecule has 2 aromatic carbocycles. The monoisotopic (exact) mass is 489 g/mol. The van der Waals surface area contributed by atoms with Gasteiger partial charge < -0.3 is 14.6 Å². The zero-order valence-corrected chi connectivity index (χ0v) is 20.2. The lowest BCUT2D eigenvalue weighted by Gasteiger charge is -2.39. The number of amides is 1. The van der Waals surface area contributed by atoms with Crippen molar-refractivity contribution >= 4 is 35.1 Å². The van der Waals surface area contributed by atoms with Crippen molar-refractivity contribution in [3.63, 3.8) is 0 Å². The van der Waals surface area contributed by atoms with Gasteiger partial charge in [-0.2, -0.15) is 0 Å². The second-order valence-electron chi connectivity index (χ2n) is 9.04. The minimum atomic E-state index is -0.427. The summed E-state index contributed by atoms with van der Waals surface area (Å²) in [4.78, 5) is 26.8. The van der Waals surface area contributed by atoms with Gasteiger partial charge in [-0.1, -0.05) is 49.7 Å². The molecule has 2 aliphatic rings. The van der Waals surface area contributed by atoms with E-state index in [1.54, 1.807) is 18.2 Å². The lowest BCUT2D eigenvalue weighted by atomic mass is 9.85. The Kier molecular flexibility index (Phi) is 6.63. The summed E-state index contributed by atoms with van der Waals surface area (Å²) in [5.41, 5.74) is 1.56. The number of carbonyl (C=O) groups is 1. The lowest BCUT2D eigenvalue weighted by Crippen LogP contribution is -2.48. The normalized spacial score (nSPS) is 23.6. The van der Waals surface area contributed by atoms with Crippen molar-refractivity contribution in [2.24, 2.45) is 5.92 Å². The Morgan fingerprint density at radius 3 is 2.51 bits per heavy atom. The van der Waals surface area contributed by atoms with Gasteiger partial charge in [0.05, 0.1) is 9.83 Å². The number of hydrogen-bond donors (Lipinski definition) is 1. The van der Waals surface area contributed by atoms with Crippen LogP contribution in [0.5, 0.6) is 0 Å². The number of carbonyl (C=O) groups excluding carboxylic acids is 1. The molecule has 1 saturated carbocycles. The highest BCUT2D eigenvalue weighted by molar-refractivity contribution is 8.05. The molecule has 1 N–H and O–H groups in total. The number of rotatable bonds is 6. The molecule has 0 radical (unpaired) electrons. The summed E-state index contributed by atoms with van der Waals surface area (Å²) >= 11 is 1.51. The van der Waals surface area contributed by atoms with Gasteiger partial charge in [-0.15, -0.1) is 0 Å². The first-order chi connectivity index (χ1) is 17.0. The van der Waals surface area contributed by atoms with Crippen molar-refractivity contribution in [1.82, 2.24) is 4.90 Å². The van der Waals surface area contributed by atoms with Crippen molar-refractivity contribution in [3.05, 3.63) is 87.5 Å². The van der Waals surface area contributed by atoms with Gasteiger partial charge in [0, 0.05) is 35.5 Å². The SMILES string of the molecule is C[C@H]1CCCC[C@H]1N1C(=O)/C(=C/c2ccc(-c3ccc([N+](=O)[O-])cc3)o2)SC1Nc1ccccc1. The molecule has 1 unspecified atom stereocenters. The quantitative estimate of drug-likeness (QED) is 0.234. The lowest BCUT2D eigenvalue weighted by molar-refractivity contribution is -0.384. The van der Waals surface area contributed by atoms with Gasteiger partial charge in [-0.3, -0.25) is 14.9 Å². The number of thioether (sulfide) groups is 1. The van der Waals surface area contributed by atoms with E-state index in [-0.39, 0.29) is 23.1 Å². The Hall–Kier alpha value is -3.52. The Morgan fingerprint density at radius 2 is 1.80 bits per heavy atom. The summed E-state index contributed by atoms with van der Waals surface area (Å²) in [6, 6.07) is 20.0. The van der Waals surface area contributed by atoms with Crippen LogP contribution in [0, 0.1) is 16.0 Å². The maximum absolute atomic E-state index is 13.6. The van der Waals surface area contributed by atoms with Crippen LogP contribution < -0.4 is 5.32 Å². The number of benzene rings is 2. The maximum Gasteiger partial charge on any atom is 0.269 e. The summed E-state index contributed by atoms with van der Waals surface area (Å²) in [6.45, 7) is 2.24. The van der Waals surface area contributed by atoms with Gasteiger partial charge in [0.1, 0.15) is 11.5 Å². The molecule has 0 bridgehead atoms. The summed E-state index contributed by atoms with van der Waals surface area (Å²) < 4.78 is 5.98. The molecule has 3 aromatic rings. The third-order valence-electron chi connectivity index (χ3n) is 6.69. The number of nitro benzene ring substituents is 1.